The zero-order valence-electron chi connectivity index (χ0n) is 21.3. The van der Waals surface area contributed by atoms with E-state index in [1.807, 2.05) is 42.5 Å². The molecule has 9 nitrogen and oxygen atoms in total. The summed E-state index contributed by atoms with van der Waals surface area (Å²) in [4.78, 5) is 53.0. The fraction of sp³-hybridized carbons (Fsp3) is 0.538. The summed E-state index contributed by atoms with van der Waals surface area (Å²) in [6.07, 6.45) is 4.16. The molecule has 0 aliphatic carbocycles. The number of allylic oxidation sites excluding steroid dienone is 1. The summed E-state index contributed by atoms with van der Waals surface area (Å²) in [5.41, 5.74) is -1.18. The number of hydrogen-bond acceptors (Lipinski definition) is 6. The molecule has 2 rings (SSSR count). The standard InChI is InChI=1S/C26H37N3O6/c1-6-34-22(31)20-15-11-8-12-16-26(5,23(32)28-20)29(18-19-13-9-7-10-14-19)21(30)17-27-24(33)35-25(2,3)4/h7-11,13-14,20H,6,12,15-18H2,1-5H3,(H,27,33)(H,28,32)/b11-8-/t20-,26+/m0/s1. The molecule has 0 radical (unpaired) electrons. The number of ether oxygens (including phenoxy) is 2. The summed E-state index contributed by atoms with van der Waals surface area (Å²) in [5, 5.41) is 5.27. The molecule has 0 saturated heterocycles. The molecule has 1 aliphatic rings. The van der Waals surface area contributed by atoms with Gasteiger partial charge >= 0.3 is 12.1 Å². The molecule has 0 unspecified atom stereocenters. The van der Waals surface area contributed by atoms with E-state index in [-0.39, 0.29) is 19.7 Å². The molecule has 3 amide bonds. The smallest absolute Gasteiger partial charge is 0.408 e. The van der Waals surface area contributed by atoms with Gasteiger partial charge in [0, 0.05) is 6.54 Å². The van der Waals surface area contributed by atoms with Crippen LogP contribution in [0.1, 0.15) is 59.4 Å². The minimum Gasteiger partial charge on any atom is -0.464 e. The molecule has 0 saturated carbocycles. The Labute approximate surface area is 207 Å². The van der Waals surface area contributed by atoms with Crippen LogP contribution in [0.15, 0.2) is 42.5 Å². The SMILES string of the molecule is CCOC(=O)[C@@H]1C/C=C\CC[C@@](C)(N(Cc2ccccc2)C(=O)CNC(=O)OC(C)(C)C)C(=O)N1. The lowest BCUT2D eigenvalue weighted by Crippen LogP contribution is -2.62. The lowest BCUT2D eigenvalue weighted by Gasteiger charge is -2.40. The van der Waals surface area contributed by atoms with Gasteiger partial charge in [-0.25, -0.2) is 9.59 Å². The van der Waals surface area contributed by atoms with Crippen molar-refractivity contribution in [1.29, 1.82) is 0 Å². The largest absolute Gasteiger partial charge is 0.464 e. The van der Waals surface area contributed by atoms with Crippen molar-refractivity contribution in [3.8, 4) is 0 Å². The van der Waals surface area contributed by atoms with Gasteiger partial charge in [-0.05, 0) is 59.4 Å². The first-order valence-corrected chi connectivity index (χ1v) is 11.9. The summed E-state index contributed by atoms with van der Waals surface area (Å²) < 4.78 is 10.3. The first kappa shape index (κ1) is 27.9. The zero-order chi connectivity index (χ0) is 26.1. The number of hydrogen-bond donors (Lipinski definition) is 2. The number of benzene rings is 1. The Morgan fingerprint density at radius 1 is 1.17 bits per heavy atom. The minimum atomic E-state index is -1.29. The van der Waals surface area contributed by atoms with E-state index in [0.29, 0.717) is 19.3 Å². The van der Waals surface area contributed by atoms with Crippen molar-refractivity contribution in [1.82, 2.24) is 15.5 Å². The van der Waals surface area contributed by atoms with Gasteiger partial charge < -0.3 is 25.0 Å². The van der Waals surface area contributed by atoms with Gasteiger partial charge in [-0.3, -0.25) is 9.59 Å². The van der Waals surface area contributed by atoms with Crippen LogP contribution in [0.25, 0.3) is 0 Å². The van der Waals surface area contributed by atoms with E-state index in [4.69, 9.17) is 9.47 Å². The molecule has 0 spiro atoms. The van der Waals surface area contributed by atoms with Crippen LogP contribution in [0.3, 0.4) is 0 Å². The average Bonchev–Trinajstić information content (AvgIpc) is 2.86. The fourth-order valence-electron chi connectivity index (χ4n) is 3.72. The molecule has 0 bridgehead atoms. The maximum atomic E-state index is 13.6. The van der Waals surface area contributed by atoms with Gasteiger partial charge in [0.1, 0.15) is 23.7 Å². The Kier molecular flexibility index (Phi) is 9.86. The van der Waals surface area contributed by atoms with Gasteiger partial charge in [0.25, 0.3) is 0 Å². The Balaban J connectivity index is 2.33. The summed E-state index contributed by atoms with van der Waals surface area (Å²) in [5.74, 6) is -1.43. The topological polar surface area (TPSA) is 114 Å². The summed E-state index contributed by atoms with van der Waals surface area (Å²) in [6.45, 7) is 8.56. The molecule has 9 heteroatoms. The molecule has 1 aromatic rings. The molecule has 1 aliphatic heterocycles. The number of nitrogens with zero attached hydrogens (tertiary/aromatic N) is 1. The lowest BCUT2D eigenvalue weighted by molar-refractivity contribution is -0.152. The summed E-state index contributed by atoms with van der Waals surface area (Å²) in [6, 6.07) is 8.43. The van der Waals surface area contributed by atoms with Gasteiger partial charge in [-0.1, -0.05) is 42.5 Å². The van der Waals surface area contributed by atoms with Crippen molar-refractivity contribution >= 4 is 23.9 Å². The predicted octanol–water partition coefficient (Wildman–Crippen LogP) is 3.09. The van der Waals surface area contributed by atoms with Gasteiger partial charge in [0.2, 0.25) is 11.8 Å². The zero-order valence-corrected chi connectivity index (χ0v) is 21.3. The van der Waals surface area contributed by atoms with Crippen LogP contribution >= 0.6 is 0 Å². The van der Waals surface area contributed by atoms with Crippen molar-refractivity contribution in [3.05, 3.63) is 48.0 Å². The van der Waals surface area contributed by atoms with Crippen molar-refractivity contribution < 1.29 is 28.7 Å². The van der Waals surface area contributed by atoms with Crippen LogP contribution in [-0.4, -0.2) is 59.1 Å². The second-order valence-corrected chi connectivity index (χ2v) is 9.62. The highest BCUT2D eigenvalue weighted by Crippen LogP contribution is 2.26. The van der Waals surface area contributed by atoms with Gasteiger partial charge in [-0.15, -0.1) is 0 Å². The Bertz CT molecular complexity index is 925. The number of carbonyl (C=O) groups is 4. The summed E-state index contributed by atoms with van der Waals surface area (Å²) >= 11 is 0. The third-order valence-corrected chi connectivity index (χ3v) is 5.57. The number of rotatable bonds is 7. The highest BCUT2D eigenvalue weighted by atomic mass is 16.6. The van der Waals surface area contributed by atoms with Crippen LogP contribution in [-0.2, 0) is 30.4 Å². The Morgan fingerprint density at radius 2 is 1.86 bits per heavy atom. The lowest BCUT2D eigenvalue weighted by atomic mass is 9.91. The van der Waals surface area contributed by atoms with Crippen LogP contribution in [0.4, 0.5) is 4.79 Å². The normalized spacial score (nSPS) is 21.4. The third-order valence-electron chi connectivity index (χ3n) is 5.57. The fourth-order valence-corrected chi connectivity index (χ4v) is 3.72. The van der Waals surface area contributed by atoms with Crippen molar-refractivity contribution in [2.24, 2.45) is 0 Å². The van der Waals surface area contributed by atoms with Crippen LogP contribution in [0.5, 0.6) is 0 Å². The van der Waals surface area contributed by atoms with Crippen molar-refractivity contribution in [2.45, 2.75) is 77.6 Å². The molecular weight excluding hydrogens is 450 g/mol. The van der Waals surface area contributed by atoms with Crippen molar-refractivity contribution in [3.63, 3.8) is 0 Å². The Hall–Kier alpha value is -3.36. The Morgan fingerprint density at radius 3 is 2.49 bits per heavy atom. The molecule has 192 valence electrons. The van der Waals surface area contributed by atoms with E-state index in [0.717, 1.165) is 5.56 Å². The van der Waals surface area contributed by atoms with E-state index in [1.54, 1.807) is 34.6 Å². The molecule has 35 heavy (non-hydrogen) atoms. The predicted molar refractivity (Wildman–Crippen MR) is 131 cm³/mol. The van der Waals surface area contributed by atoms with Crippen LogP contribution < -0.4 is 10.6 Å². The first-order chi connectivity index (χ1) is 16.5. The molecule has 1 heterocycles. The quantitative estimate of drug-likeness (QED) is 0.451. The second-order valence-electron chi connectivity index (χ2n) is 9.62. The molecule has 2 N–H and O–H groups in total. The monoisotopic (exact) mass is 487 g/mol. The number of alkyl carbamates (subject to hydrolysis) is 1. The second kappa shape index (κ2) is 12.4. The molecular formula is C26H37N3O6. The van der Waals surface area contributed by atoms with E-state index < -0.39 is 41.1 Å². The van der Waals surface area contributed by atoms with Crippen LogP contribution in [0, 0.1) is 0 Å². The van der Waals surface area contributed by atoms with E-state index >= 15 is 0 Å². The van der Waals surface area contributed by atoms with E-state index in [2.05, 4.69) is 10.6 Å². The average molecular weight is 488 g/mol. The maximum Gasteiger partial charge on any atom is 0.408 e. The van der Waals surface area contributed by atoms with Crippen LogP contribution in [0.2, 0.25) is 0 Å². The van der Waals surface area contributed by atoms with E-state index in [1.165, 1.54) is 4.90 Å². The van der Waals surface area contributed by atoms with Gasteiger partial charge in [0.05, 0.1) is 6.61 Å². The highest BCUT2D eigenvalue weighted by Gasteiger charge is 2.43. The van der Waals surface area contributed by atoms with Gasteiger partial charge in [-0.2, -0.15) is 0 Å². The third kappa shape index (κ3) is 8.42. The first-order valence-electron chi connectivity index (χ1n) is 11.9. The number of esters is 1. The minimum absolute atomic E-state index is 0.146. The number of carbonyl (C=O) groups excluding carboxylic acids is 4. The van der Waals surface area contributed by atoms with E-state index in [9.17, 15) is 19.2 Å². The highest BCUT2D eigenvalue weighted by molar-refractivity contribution is 5.94. The number of nitrogens with one attached hydrogen (secondary N) is 2. The number of amides is 3. The van der Waals surface area contributed by atoms with Crippen molar-refractivity contribution in [2.75, 3.05) is 13.2 Å². The molecule has 1 aromatic carbocycles. The summed E-state index contributed by atoms with van der Waals surface area (Å²) in [7, 11) is 0. The molecule has 2 atom stereocenters. The molecule has 0 fully saturated rings. The molecule has 0 aromatic heterocycles. The maximum absolute atomic E-state index is 13.6. The van der Waals surface area contributed by atoms with Gasteiger partial charge in [0.15, 0.2) is 0 Å².